The third kappa shape index (κ3) is 2.23. The van der Waals surface area contributed by atoms with Crippen LogP contribution in [0.4, 0.5) is 0 Å². The molecule has 0 bridgehead atoms. The van der Waals surface area contributed by atoms with E-state index in [1.807, 2.05) is 0 Å². The van der Waals surface area contributed by atoms with Gasteiger partial charge in [0.1, 0.15) is 0 Å². The summed E-state index contributed by atoms with van der Waals surface area (Å²) in [5.74, 6) is 0. The molecule has 0 spiro atoms. The van der Waals surface area contributed by atoms with Gasteiger partial charge in [0.25, 0.3) is 0 Å². The molecule has 52 valence electrons. The van der Waals surface area contributed by atoms with Gasteiger partial charge in [-0.3, -0.25) is 9.59 Å². The summed E-state index contributed by atoms with van der Waals surface area (Å²) in [5, 5.41) is 0. The van der Waals surface area contributed by atoms with Crippen molar-refractivity contribution in [1.29, 1.82) is 0 Å². The van der Waals surface area contributed by atoms with Crippen molar-refractivity contribution in [2.24, 2.45) is 0 Å². The van der Waals surface area contributed by atoms with Crippen LogP contribution in [-0.4, -0.2) is 38.0 Å². The van der Waals surface area contributed by atoms with Crippen molar-refractivity contribution in [2.45, 2.75) is 6.23 Å². The first-order valence-electron chi connectivity index (χ1n) is 2.41. The van der Waals surface area contributed by atoms with Gasteiger partial charge < -0.3 is 9.64 Å². The summed E-state index contributed by atoms with van der Waals surface area (Å²) in [6.45, 7) is 0. The summed E-state index contributed by atoms with van der Waals surface area (Å²) in [7, 11) is 2.83. The number of carbonyl (C=O) groups is 2. The minimum atomic E-state index is -0.748. The van der Waals surface area contributed by atoms with E-state index in [2.05, 4.69) is 4.74 Å². The van der Waals surface area contributed by atoms with Crippen LogP contribution in [0.3, 0.4) is 0 Å². The number of carbonyl (C=O) groups excluding carboxylic acids is 2. The molecule has 4 heteroatoms. The van der Waals surface area contributed by atoms with E-state index in [-0.39, 0.29) is 0 Å². The second-order valence-electron chi connectivity index (χ2n) is 1.53. The second kappa shape index (κ2) is 4.03. The molecule has 4 nitrogen and oxygen atoms in total. The first-order chi connectivity index (χ1) is 4.26. The van der Waals surface area contributed by atoms with Crippen LogP contribution in [0.2, 0.25) is 0 Å². The Labute approximate surface area is 53.4 Å². The van der Waals surface area contributed by atoms with Gasteiger partial charge in [0.2, 0.25) is 6.41 Å². The van der Waals surface area contributed by atoms with E-state index in [4.69, 9.17) is 0 Å². The number of methoxy groups -OCH3 is 1. The first-order valence-corrected chi connectivity index (χ1v) is 2.41. The molecule has 1 amide bonds. The summed E-state index contributed by atoms with van der Waals surface area (Å²) in [6.07, 6.45) is 0.333. The van der Waals surface area contributed by atoms with Crippen molar-refractivity contribution in [3.63, 3.8) is 0 Å². The molecule has 1 unspecified atom stereocenters. The molecule has 0 aromatic rings. The minimum Gasteiger partial charge on any atom is -0.354 e. The highest BCUT2D eigenvalue weighted by atomic mass is 16.5. The number of hydrogen-bond acceptors (Lipinski definition) is 3. The number of nitrogens with zero attached hydrogens (tertiary/aromatic N) is 1. The quantitative estimate of drug-likeness (QED) is 0.372. The van der Waals surface area contributed by atoms with E-state index >= 15 is 0 Å². The van der Waals surface area contributed by atoms with Gasteiger partial charge in [-0.2, -0.15) is 0 Å². The summed E-state index contributed by atoms with van der Waals surface area (Å²) >= 11 is 0. The Bertz CT molecular complexity index is 104. The van der Waals surface area contributed by atoms with Crippen LogP contribution in [0.1, 0.15) is 0 Å². The Hall–Kier alpha value is -0.900. The predicted octanol–water partition coefficient (Wildman–Crippen LogP) is -0.754. The maximum absolute atomic E-state index is 10.0. The molecule has 0 N–H and O–H groups in total. The van der Waals surface area contributed by atoms with Crippen molar-refractivity contribution in [1.82, 2.24) is 4.90 Å². The lowest BCUT2D eigenvalue weighted by Gasteiger charge is -2.15. The lowest BCUT2D eigenvalue weighted by molar-refractivity contribution is -0.137. The van der Waals surface area contributed by atoms with Crippen molar-refractivity contribution in [3.05, 3.63) is 0 Å². The molecule has 0 aliphatic carbocycles. The summed E-state index contributed by atoms with van der Waals surface area (Å²) in [6, 6.07) is 0. The molecular weight excluding hydrogens is 122 g/mol. The van der Waals surface area contributed by atoms with E-state index in [0.717, 1.165) is 4.90 Å². The van der Waals surface area contributed by atoms with Crippen LogP contribution in [-0.2, 0) is 14.3 Å². The van der Waals surface area contributed by atoms with Gasteiger partial charge in [-0.15, -0.1) is 0 Å². The molecule has 1 atom stereocenters. The SMILES string of the molecule is COC(C=O)N(C)C=O. The van der Waals surface area contributed by atoms with Crippen LogP contribution in [0, 0.1) is 0 Å². The molecule has 0 radical (unpaired) electrons. The van der Waals surface area contributed by atoms with E-state index in [9.17, 15) is 9.59 Å². The highest BCUT2D eigenvalue weighted by molar-refractivity contribution is 5.61. The third-order valence-corrected chi connectivity index (χ3v) is 0.926. The van der Waals surface area contributed by atoms with E-state index in [1.165, 1.54) is 14.2 Å². The summed E-state index contributed by atoms with van der Waals surface area (Å²) in [5.41, 5.74) is 0. The molecular formula is C5H9NO3. The van der Waals surface area contributed by atoms with Gasteiger partial charge in [0.05, 0.1) is 0 Å². The van der Waals surface area contributed by atoms with Gasteiger partial charge in [-0.05, 0) is 0 Å². The van der Waals surface area contributed by atoms with E-state index < -0.39 is 6.23 Å². The molecule has 0 aromatic heterocycles. The average Bonchev–Trinajstić information content (AvgIpc) is 1.90. The Morgan fingerprint density at radius 2 is 2.11 bits per heavy atom. The lowest BCUT2D eigenvalue weighted by Crippen LogP contribution is -2.33. The molecule has 0 saturated carbocycles. The fraction of sp³-hybridized carbons (Fsp3) is 0.600. The van der Waals surface area contributed by atoms with Gasteiger partial charge in [0.15, 0.2) is 12.5 Å². The zero-order chi connectivity index (χ0) is 7.28. The topological polar surface area (TPSA) is 46.6 Å². The largest absolute Gasteiger partial charge is 0.354 e. The number of likely N-dealkylation sites (N-methyl/N-ethyl adjacent to an activating group) is 1. The van der Waals surface area contributed by atoms with Crippen LogP contribution in [0.25, 0.3) is 0 Å². The molecule has 0 aromatic carbocycles. The average molecular weight is 131 g/mol. The fourth-order valence-corrected chi connectivity index (χ4v) is 0.378. The maximum atomic E-state index is 10.0. The molecule has 0 rings (SSSR count). The Morgan fingerprint density at radius 1 is 1.56 bits per heavy atom. The Morgan fingerprint density at radius 3 is 2.22 bits per heavy atom. The zero-order valence-corrected chi connectivity index (χ0v) is 5.40. The number of ether oxygens (including phenoxy) is 1. The number of hydrogen-bond donors (Lipinski definition) is 0. The first kappa shape index (κ1) is 8.10. The van der Waals surface area contributed by atoms with Crippen molar-refractivity contribution < 1.29 is 14.3 Å². The van der Waals surface area contributed by atoms with Crippen LogP contribution >= 0.6 is 0 Å². The highest BCUT2D eigenvalue weighted by Crippen LogP contribution is 1.87. The van der Waals surface area contributed by atoms with Crippen LogP contribution in [0.5, 0.6) is 0 Å². The molecule has 0 saturated heterocycles. The summed E-state index contributed by atoms with van der Waals surface area (Å²) in [4.78, 5) is 21.1. The molecule has 0 fully saturated rings. The third-order valence-electron chi connectivity index (χ3n) is 0.926. The van der Waals surface area contributed by atoms with Gasteiger partial charge in [0, 0.05) is 14.2 Å². The van der Waals surface area contributed by atoms with Crippen molar-refractivity contribution in [3.8, 4) is 0 Å². The van der Waals surface area contributed by atoms with Crippen LogP contribution < -0.4 is 0 Å². The smallest absolute Gasteiger partial charge is 0.211 e. The molecule has 0 aliphatic heterocycles. The van der Waals surface area contributed by atoms with Crippen molar-refractivity contribution >= 4 is 12.7 Å². The zero-order valence-electron chi connectivity index (χ0n) is 5.40. The van der Waals surface area contributed by atoms with E-state index in [1.54, 1.807) is 0 Å². The fourth-order valence-electron chi connectivity index (χ4n) is 0.378. The highest BCUT2D eigenvalue weighted by Gasteiger charge is 2.07. The lowest BCUT2D eigenvalue weighted by atomic mass is 10.6. The molecule has 9 heavy (non-hydrogen) atoms. The van der Waals surface area contributed by atoms with Gasteiger partial charge in [-0.25, -0.2) is 0 Å². The number of amides is 1. The number of rotatable bonds is 4. The maximum Gasteiger partial charge on any atom is 0.211 e. The monoisotopic (exact) mass is 131 g/mol. The Kier molecular flexibility index (Phi) is 3.62. The number of aldehydes is 1. The predicted molar refractivity (Wildman–Crippen MR) is 30.7 cm³/mol. The summed E-state index contributed by atoms with van der Waals surface area (Å²) < 4.78 is 4.58. The molecule has 0 heterocycles. The van der Waals surface area contributed by atoms with Gasteiger partial charge in [-0.1, -0.05) is 0 Å². The Balaban J connectivity index is 3.77. The van der Waals surface area contributed by atoms with Gasteiger partial charge >= 0.3 is 0 Å². The minimum absolute atomic E-state index is 0.530. The molecule has 0 aliphatic rings. The second-order valence-corrected chi connectivity index (χ2v) is 1.53. The van der Waals surface area contributed by atoms with Crippen molar-refractivity contribution in [2.75, 3.05) is 14.2 Å². The van der Waals surface area contributed by atoms with E-state index in [0.29, 0.717) is 12.7 Å². The normalized spacial score (nSPS) is 12.2. The van der Waals surface area contributed by atoms with Crippen LogP contribution in [0.15, 0.2) is 0 Å². The standard InChI is InChI=1S/C5H9NO3/c1-6(4-8)5(3-7)9-2/h3-5H,1-2H3.